The van der Waals surface area contributed by atoms with Crippen molar-refractivity contribution in [3.05, 3.63) is 96.2 Å². The number of amides is 1. The van der Waals surface area contributed by atoms with E-state index in [0.717, 1.165) is 57.3 Å². The lowest BCUT2D eigenvalue weighted by atomic mass is 10.0. The number of unbranched alkanes of at least 4 members (excludes halogenated alkanes) is 1. The average molecular weight is 531 g/mol. The number of anilines is 2. The molecule has 1 amide bonds. The molecule has 3 rings (SSSR count). The van der Waals surface area contributed by atoms with Gasteiger partial charge in [-0.2, -0.15) is 0 Å². The molecule has 38 heavy (non-hydrogen) atoms. The van der Waals surface area contributed by atoms with E-state index in [9.17, 15) is 9.00 Å². The van der Waals surface area contributed by atoms with Crippen LogP contribution in [0.3, 0.4) is 0 Å². The molecule has 7 heteroatoms. The summed E-state index contributed by atoms with van der Waals surface area (Å²) in [6, 6.07) is 14.7. The molecule has 0 bridgehead atoms. The Hall–Kier alpha value is -3.71. The third-order valence-electron chi connectivity index (χ3n) is 6.33. The van der Waals surface area contributed by atoms with Crippen LogP contribution in [0.2, 0.25) is 0 Å². The highest BCUT2D eigenvalue weighted by Gasteiger charge is 2.21. The van der Waals surface area contributed by atoms with E-state index in [1.54, 1.807) is 12.3 Å². The Morgan fingerprint density at radius 2 is 1.97 bits per heavy atom. The minimum Gasteiger partial charge on any atom is -0.383 e. The van der Waals surface area contributed by atoms with Crippen LogP contribution in [0.4, 0.5) is 11.5 Å². The molecule has 3 aromatic rings. The molecule has 2 unspecified atom stereocenters. The zero-order valence-corrected chi connectivity index (χ0v) is 23.3. The Labute approximate surface area is 228 Å². The second-order valence-electron chi connectivity index (χ2n) is 9.16. The lowest BCUT2D eigenvalue weighted by molar-refractivity contribution is -0.121. The number of fused-ring (bicyclic) bond motifs is 1. The van der Waals surface area contributed by atoms with Crippen molar-refractivity contribution in [3.63, 3.8) is 0 Å². The first-order chi connectivity index (χ1) is 18.4. The summed E-state index contributed by atoms with van der Waals surface area (Å²) in [4.78, 5) is 18.5. The van der Waals surface area contributed by atoms with Gasteiger partial charge in [-0.3, -0.25) is 9.00 Å². The summed E-state index contributed by atoms with van der Waals surface area (Å²) >= 11 is 0. The van der Waals surface area contributed by atoms with Crippen LogP contribution in [-0.2, 0) is 22.1 Å². The number of allylic oxidation sites excluding steroid dienone is 4. The quantitative estimate of drug-likeness (QED) is 0.226. The topological polar surface area (TPSA) is 97.1 Å². The van der Waals surface area contributed by atoms with Gasteiger partial charge >= 0.3 is 0 Å². The van der Waals surface area contributed by atoms with Crippen molar-refractivity contribution < 1.29 is 9.00 Å². The molecule has 0 saturated heterocycles. The second-order valence-corrected chi connectivity index (χ2v) is 10.7. The lowest BCUT2D eigenvalue weighted by Gasteiger charge is -2.22. The number of nitrogens with one attached hydrogen (secondary N) is 2. The molecule has 0 radical (unpaired) electrons. The summed E-state index contributed by atoms with van der Waals surface area (Å²) in [6.45, 7) is 10.2. The van der Waals surface area contributed by atoms with E-state index >= 15 is 0 Å². The Morgan fingerprint density at radius 3 is 2.71 bits per heavy atom. The molecule has 200 valence electrons. The number of carbonyl (C=O) groups excluding carboxylic acids is 1. The summed E-state index contributed by atoms with van der Waals surface area (Å²) in [7, 11) is -1.10. The van der Waals surface area contributed by atoms with Gasteiger partial charge in [0.1, 0.15) is 11.9 Å². The van der Waals surface area contributed by atoms with Crippen molar-refractivity contribution >= 4 is 39.0 Å². The fourth-order valence-corrected chi connectivity index (χ4v) is 5.61. The van der Waals surface area contributed by atoms with Gasteiger partial charge in [-0.1, -0.05) is 63.3 Å². The number of nitrogens with zero attached hydrogens (tertiary/aromatic N) is 1. The fraction of sp³-hybridized carbons (Fsp3) is 0.290. The molecule has 0 aliphatic heterocycles. The number of aromatic nitrogens is 1. The lowest BCUT2D eigenvalue weighted by Crippen LogP contribution is -2.40. The van der Waals surface area contributed by atoms with Crippen molar-refractivity contribution in [1.29, 1.82) is 0 Å². The van der Waals surface area contributed by atoms with Crippen LogP contribution >= 0.6 is 0 Å². The monoisotopic (exact) mass is 530 g/mol. The number of rotatable bonds is 13. The van der Waals surface area contributed by atoms with Crippen molar-refractivity contribution in [3.8, 4) is 0 Å². The Kier molecular flexibility index (Phi) is 10.8. The van der Waals surface area contributed by atoms with Crippen molar-refractivity contribution in [2.75, 3.05) is 16.8 Å². The van der Waals surface area contributed by atoms with Crippen LogP contribution in [0.5, 0.6) is 0 Å². The van der Waals surface area contributed by atoms with Crippen molar-refractivity contribution in [2.45, 2.75) is 57.5 Å². The molecule has 0 fully saturated rings. The highest BCUT2D eigenvalue weighted by atomic mass is 32.2. The van der Waals surface area contributed by atoms with Crippen LogP contribution < -0.4 is 16.4 Å². The molecule has 0 aliphatic rings. The first-order valence-corrected chi connectivity index (χ1v) is 14.3. The maximum atomic E-state index is 13.6. The van der Waals surface area contributed by atoms with Gasteiger partial charge in [0.25, 0.3) is 0 Å². The molecule has 0 aliphatic carbocycles. The number of carbonyl (C=O) groups is 1. The number of nitrogen functional groups attached to an aromatic ring is 1. The van der Waals surface area contributed by atoms with E-state index in [4.69, 9.17) is 5.73 Å². The minimum absolute atomic E-state index is 0.170. The molecular weight excluding hydrogens is 492 g/mol. The van der Waals surface area contributed by atoms with Gasteiger partial charge in [0.2, 0.25) is 5.91 Å². The molecule has 2 aromatic carbocycles. The van der Waals surface area contributed by atoms with Crippen LogP contribution in [-0.4, -0.2) is 26.9 Å². The summed E-state index contributed by atoms with van der Waals surface area (Å²) in [5.74, 6) is 0.915. The molecule has 4 N–H and O–H groups in total. The number of hydrogen-bond acceptors (Lipinski definition) is 5. The smallest absolute Gasteiger partial charge is 0.247 e. The van der Waals surface area contributed by atoms with Gasteiger partial charge in [0, 0.05) is 34.5 Å². The maximum absolute atomic E-state index is 13.6. The van der Waals surface area contributed by atoms with Crippen LogP contribution in [0.25, 0.3) is 10.8 Å². The summed E-state index contributed by atoms with van der Waals surface area (Å²) in [6.07, 6.45) is 10.1. The van der Waals surface area contributed by atoms with Gasteiger partial charge in [-0.15, -0.1) is 0 Å². The number of nitrogens with two attached hydrogens (primary N) is 1. The van der Waals surface area contributed by atoms with Crippen LogP contribution in [0.15, 0.2) is 95.6 Å². The van der Waals surface area contributed by atoms with E-state index in [2.05, 4.69) is 36.0 Å². The summed E-state index contributed by atoms with van der Waals surface area (Å²) in [5, 5.41) is 8.28. The molecule has 1 aromatic heterocycles. The van der Waals surface area contributed by atoms with Gasteiger partial charge in [0.05, 0.1) is 10.8 Å². The maximum Gasteiger partial charge on any atom is 0.247 e. The van der Waals surface area contributed by atoms with Gasteiger partial charge in [-0.05, 0) is 72.2 Å². The molecule has 0 saturated carbocycles. The SMILES string of the molecule is C=C/C=C(\C=C(/C)C(Nc1ccc2c(N)nccc2c1)C(=O)NCc1ccccc1S(=O)CCCC)CC. The van der Waals surface area contributed by atoms with E-state index in [1.807, 2.05) is 67.6 Å². The minimum atomic E-state index is -1.10. The summed E-state index contributed by atoms with van der Waals surface area (Å²) < 4.78 is 12.8. The van der Waals surface area contributed by atoms with Crippen molar-refractivity contribution in [2.24, 2.45) is 0 Å². The highest BCUT2D eigenvalue weighted by molar-refractivity contribution is 7.85. The predicted octanol–water partition coefficient (Wildman–Crippen LogP) is 6.29. The first kappa shape index (κ1) is 28.9. The van der Waals surface area contributed by atoms with Gasteiger partial charge in [-0.25, -0.2) is 4.98 Å². The number of benzene rings is 2. The molecule has 2 atom stereocenters. The number of pyridine rings is 1. The van der Waals surface area contributed by atoms with E-state index < -0.39 is 16.8 Å². The van der Waals surface area contributed by atoms with Crippen molar-refractivity contribution in [1.82, 2.24) is 10.3 Å². The third-order valence-corrected chi connectivity index (χ3v) is 7.88. The second kappa shape index (κ2) is 14.3. The Bertz CT molecular complexity index is 1360. The Balaban J connectivity index is 1.88. The zero-order chi connectivity index (χ0) is 27.5. The van der Waals surface area contributed by atoms with Gasteiger partial charge in [0.15, 0.2) is 0 Å². The highest BCUT2D eigenvalue weighted by Crippen LogP contribution is 2.24. The fourth-order valence-electron chi connectivity index (χ4n) is 4.18. The van der Waals surface area contributed by atoms with E-state index in [-0.39, 0.29) is 5.91 Å². The van der Waals surface area contributed by atoms with E-state index in [1.165, 1.54) is 0 Å². The normalized spacial score (nSPS) is 13.7. The van der Waals surface area contributed by atoms with Gasteiger partial charge < -0.3 is 16.4 Å². The predicted molar refractivity (Wildman–Crippen MR) is 160 cm³/mol. The third kappa shape index (κ3) is 7.65. The standard InChI is InChI=1S/C31H38N4O2S/c1-5-8-18-38(37)28-13-10-9-12-25(28)21-34-31(36)29(22(4)19-23(7-3)11-6-2)35-26-14-15-27-24(20-26)16-17-33-30(27)32/h6,9-17,19-20,29,35H,2,5,7-8,18,21H2,1,3-4H3,(H2,32,33)(H,34,36)/b22-19+,23-11-. The molecule has 1 heterocycles. The Morgan fingerprint density at radius 1 is 1.18 bits per heavy atom. The zero-order valence-electron chi connectivity index (χ0n) is 22.5. The van der Waals surface area contributed by atoms with E-state index in [0.29, 0.717) is 18.1 Å². The molecule has 0 spiro atoms. The molecular formula is C31H38N4O2S. The average Bonchev–Trinajstić information content (AvgIpc) is 2.93. The number of hydrogen-bond donors (Lipinski definition) is 3. The van der Waals surface area contributed by atoms with Crippen LogP contribution in [0, 0.1) is 0 Å². The largest absolute Gasteiger partial charge is 0.383 e. The molecule has 6 nitrogen and oxygen atoms in total. The first-order valence-electron chi connectivity index (χ1n) is 13.0. The summed E-state index contributed by atoms with van der Waals surface area (Å²) in [5.41, 5.74) is 9.62. The van der Waals surface area contributed by atoms with Crippen LogP contribution in [0.1, 0.15) is 45.6 Å².